The number of nitrogens with zero attached hydrogens (tertiary/aromatic N) is 2. The van der Waals surface area contributed by atoms with E-state index in [4.69, 9.17) is 5.73 Å². The molecule has 1 atom stereocenters. The number of nitrogens with two attached hydrogens (primary N) is 1. The van der Waals surface area contributed by atoms with E-state index in [0.717, 1.165) is 31.6 Å². The average molecular weight is 287 g/mol. The van der Waals surface area contributed by atoms with Gasteiger partial charge in [0.25, 0.3) is 0 Å². The molecule has 0 spiro atoms. The highest BCUT2D eigenvalue weighted by molar-refractivity contribution is 5.97. The van der Waals surface area contributed by atoms with Crippen LogP contribution in [0.1, 0.15) is 30.7 Å². The van der Waals surface area contributed by atoms with E-state index in [1.165, 1.54) is 5.56 Å². The number of likely N-dealkylation sites (tertiary alicyclic amines) is 1. The van der Waals surface area contributed by atoms with Gasteiger partial charge in [-0.05, 0) is 24.5 Å². The van der Waals surface area contributed by atoms with Crippen molar-refractivity contribution >= 4 is 17.5 Å². The molecule has 2 N–H and O–H groups in total. The number of amides is 2. The first kappa shape index (κ1) is 14.1. The first-order valence-electron chi connectivity index (χ1n) is 7.58. The maximum absolute atomic E-state index is 12.0. The van der Waals surface area contributed by atoms with E-state index in [1.807, 2.05) is 23.1 Å². The highest BCUT2D eigenvalue weighted by Gasteiger charge is 2.32. The smallest absolute Gasteiger partial charge is 0.240 e. The maximum Gasteiger partial charge on any atom is 0.240 e. The molecule has 112 valence electrons. The fraction of sp³-hybridized carbons (Fsp3) is 0.500. The summed E-state index contributed by atoms with van der Waals surface area (Å²) in [7, 11) is 0. The first-order valence-corrected chi connectivity index (χ1v) is 7.58. The van der Waals surface area contributed by atoms with Crippen LogP contribution < -0.4 is 10.6 Å². The Bertz CT molecular complexity index is 558. The van der Waals surface area contributed by atoms with Crippen LogP contribution in [-0.2, 0) is 9.59 Å². The molecule has 1 unspecified atom stereocenters. The molecule has 0 aliphatic carbocycles. The molecular weight excluding hydrogens is 266 g/mol. The summed E-state index contributed by atoms with van der Waals surface area (Å²) in [6.45, 7) is 2.37. The number of rotatable bonds is 4. The number of benzene rings is 1. The lowest BCUT2D eigenvalue weighted by Crippen LogP contribution is -2.35. The second kappa shape index (κ2) is 5.85. The zero-order chi connectivity index (χ0) is 14.8. The third-order valence-corrected chi connectivity index (χ3v) is 4.46. The number of carbonyl (C=O) groups is 2. The Labute approximate surface area is 124 Å². The highest BCUT2D eigenvalue weighted by Crippen LogP contribution is 2.38. The second-order valence-electron chi connectivity index (χ2n) is 5.74. The molecule has 0 aromatic heterocycles. The van der Waals surface area contributed by atoms with Crippen molar-refractivity contribution in [1.82, 2.24) is 4.90 Å². The molecule has 2 aliphatic rings. The van der Waals surface area contributed by atoms with Crippen molar-refractivity contribution in [2.24, 2.45) is 5.73 Å². The zero-order valence-electron chi connectivity index (χ0n) is 12.1. The minimum atomic E-state index is -0.0396. The minimum absolute atomic E-state index is 0.0334. The molecule has 5 heteroatoms. The van der Waals surface area contributed by atoms with Crippen molar-refractivity contribution < 1.29 is 9.59 Å². The van der Waals surface area contributed by atoms with Crippen molar-refractivity contribution in [3.05, 3.63) is 29.8 Å². The quantitative estimate of drug-likeness (QED) is 0.901. The Kier molecular flexibility index (Phi) is 3.92. The Hall–Kier alpha value is -1.88. The highest BCUT2D eigenvalue weighted by atomic mass is 16.2. The molecule has 5 nitrogen and oxygen atoms in total. The van der Waals surface area contributed by atoms with Gasteiger partial charge in [-0.3, -0.25) is 9.59 Å². The fourth-order valence-corrected chi connectivity index (χ4v) is 3.34. The number of anilines is 1. The van der Waals surface area contributed by atoms with E-state index < -0.39 is 0 Å². The number of carbonyl (C=O) groups excluding carboxylic acids is 2. The summed E-state index contributed by atoms with van der Waals surface area (Å²) >= 11 is 0. The predicted molar refractivity (Wildman–Crippen MR) is 81.0 cm³/mol. The van der Waals surface area contributed by atoms with E-state index in [9.17, 15) is 9.59 Å². The molecular formula is C16H21N3O2. The number of hydrogen-bond acceptors (Lipinski definition) is 3. The van der Waals surface area contributed by atoms with Gasteiger partial charge in [-0.1, -0.05) is 18.2 Å². The number of fused-ring (bicyclic) bond motifs is 1. The minimum Gasteiger partial charge on any atom is -0.343 e. The molecule has 0 bridgehead atoms. The maximum atomic E-state index is 12.0. The van der Waals surface area contributed by atoms with Crippen LogP contribution in [0.3, 0.4) is 0 Å². The van der Waals surface area contributed by atoms with Gasteiger partial charge in [0.1, 0.15) is 0 Å². The average Bonchev–Trinajstić information content (AvgIpc) is 3.08. The van der Waals surface area contributed by atoms with Gasteiger partial charge in [-0.2, -0.15) is 0 Å². The summed E-state index contributed by atoms with van der Waals surface area (Å²) in [5.74, 6) is 0.517. The summed E-state index contributed by atoms with van der Waals surface area (Å²) in [5, 5.41) is 0. The Morgan fingerprint density at radius 3 is 2.86 bits per heavy atom. The van der Waals surface area contributed by atoms with Crippen LogP contribution in [0.25, 0.3) is 0 Å². The molecule has 3 rings (SSSR count). The van der Waals surface area contributed by atoms with Gasteiger partial charge in [0, 0.05) is 37.7 Å². The van der Waals surface area contributed by atoms with E-state index in [2.05, 4.69) is 6.07 Å². The summed E-state index contributed by atoms with van der Waals surface area (Å²) in [4.78, 5) is 27.4. The zero-order valence-corrected chi connectivity index (χ0v) is 12.1. The molecule has 0 radical (unpaired) electrons. The lowest BCUT2D eigenvalue weighted by atomic mass is 9.98. The molecule has 1 fully saturated rings. The number of hydrogen-bond donors (Lipinski definition) is 1. The molecule has 2 amide bonds. The SMILES string of the molecule is NCC(=O)N1CC(CCN2CCCC2=O)c2ccccc21. The summed E-state index contributed by atoms with van der Waals surface area (Å²) in [5.41, 5.74) is 7.68. The van der Waals surface area contributed by atoms with Crippen molar-refractivity contribution in [3.8, 4) is 0 Å². The van der Waals surface area contributed by atoms with Crippen LogP contribution in [-0.4, -0.2) is 42.9 Å². The van der Waals surface area contributed by atoms with Crippen LogP contribution in [0.2, 0.25) is 0 Å². The van der Waals surface area contributed by atoms with Crippen molar-refractivity contribution in [2.45, 2.75) is 25.2 Å². The van der Waals surface area contributed by atoms with Crippen molar-refractivity contribution in [3.63, 3.8) is 0 Å². The Morgan fingerprint density at radius 1 is 1.33 bits per heavy atom. The third kappa shape index (κ3) is 2.65. The van der Waals surface area contributed by atoms with Gasteiger partial charge in [0.05, 0.1) is 6.54 Å². The monoisotopic (exact) mass is 287 g/mol. The Balaban J connectivity index is 1.72. The summed E-state index contributed by atoms with van der Waals surface area (Å²) in [6, 6.07) is 8.00. The van der Waals surface area contributed by atoms with Crippen LogP contribution >= 0.6 is 0 Å². The lowest BCUT2D eigenvalue weighted by molar-refractivity contribution is -0.127. The van der Waals surface area contributed by atoms with Gasteiger partial charge in [0.15, 0.2) is 0 Å². The third-order valence-electron chi connectivity index (χ3n) is 4.46. The van der Waals surface area contributed by atoms with Crippen LogP contribution in [0.4, 0.5) is 5.69 Å². The van der Waals surface area contributed by atoms with Crippen molar-refractivity contribution in [1.29, 1.82) is 0 Å². The first-order chi connectivity index (χ1) is 10.2. The van der Waals surface area contributed by atoms with E-state index in [-0.39, 0.29) is 18.4 Å². The van der Waals surface area contributed by atoms with Crippen LogP contribution in [0.15, 0.2) is 24.3 Å². The van der Waals surface area contributed by atoms with Gasteiger partial charge in [-0.25, -0.2) is 0 Å². The molecule has 0 saturated carbocycles. The van der Waals surface area contributed by atoms with E-state index in [1.54, 1.807) is 4.90 Å². The van der Waals surface area contributed by atoms with Crippen LogP contribution in [0.5, 0.6) is 0 Å². The number of para-hydroxylation sites is 1. The van der Waals surface area contributed by atoms with Gasteiger partial charge >= 0.3 is 0 Å². The second-order valence-corrected chi connectivity index (χ2v) is 5.74. The predicted octanol–water partition coefficient (Wildman–Crippen LogP) is 1.09. The summed E-state index contributed by atoms with van der Waals surface area (Å²) in [6.07, 6.45) is 2.55. The molecule has 1 aromatic rings. The topological polar surface area (TPSA) is 66.6 Å². The Morgan fingerprint density at radius 2 is 2.14 bits per heavy atom. The molecule has 21 heavy (non-hydrogen) atoms. The molecule has 2 heterocycles. The largest absolute Gasteiger partial charge is 0.343 e. The standard InChI is InChI=1S/C16H21N3O2/c17-10-16(21)19-11-12(13-4-1-2-5-14(13)19)7-9-18-8-3-6-15(18)20/h1-2,4-5,12H,3,6-11,17H2. The van der Waals surface area contributed by atoms with Gasteiger partial charge in [-0.15, -0.1) is 0 Å². The van der Waals surface area contributed by atoms with Crippen molar-refractivity contribution in [2.75, 3.05) is 31.1 Å². The fourth-order valence-electron chi connectivity index (χ4n) is 3.34. The van der Waals surface area contributed by atoms with E-state index in [0.29, 0.717) is 18.9 Å². The van der Waals surface area contributed by atoms with Gasteiger partial charge in [0.2, 0.25) is 11.8 Å². The lowest BCUT2D eigenvalue weighted by Gasteiger charge is -2.19. The van der Waals surface area contributed by atoms with Crippen LogP contribution in [0, 0.1) is 0 Å². The molecule has 2 aliphatic heterocycles. The van der Waals surface area contributed by atoms with E-state index >= 15 is 0 Å². The van der Waals surface area contributed by atoms with Gasteiger partial charge < -0.3 is 15.5 Å². The summed E-state index contributed by atoms with van der Waals surface area (Å²) < 4.78 is 0. The molecule has 1 aromatic carbocycles. The normalized spacial score (nSPS) is 21.0. The molecule has 1 saturated heterocycles.